The second-order valence-corrected chi connectivity index (χ2v) is 7.48. The first-order valence-corrected chi connectivity index (χ1v) is 8.86. The third kappa shape index (κ3) is 4.59. The fraction of sp³-hybridized carbons (Fsp3) is 0.250. The minimum absolute atomic E-state index is 0.106. The average molecular weight is 347 g/mol. The molecule has 0 aliphatic carbocycles. The molecule has 0 saturated heterocycles. The lowest BCUT2D eigenvalue weighted by atomic mass is 10.4. The third-order valence-corrected chi connectivity index (χ3v) is 5.37. The van der Waals surface area contributed by atoms with E-state index in [2.05, 4.69) is 10.3 Å². The van der Waals surface area contributed by atoms with Crippen LogP contribution in [0, 0.1) is 0 Å². The monoisotopic (exact) mass is 346 g/mol. The van der Waals surface area contributed by atoms with Gasteiger partial charge in [-0.05, 0) is 12.1 Å². The molecule has 0 radical (unpaired) electrons. The number of anilines is 1. The van der Waals surface area contributed by atoms with Gasteiger partial charge in [0, 0.05) is 22.9 Å². The molecule has 0 saturated carbocycles. The van der Waals surface area contributed by atoms with E-state index in [4.69, 9.17) is 11.6 Å². The van der Waals surface area contributed by atoms with Crippen molar-refractivity contribution in [2.24, 2.45) is 0 Å². The van der Waals surface area contributed by atoms with Gasteiger partial charge in [0.25, 0.3) is 0 Å². The van der Waals surface area contributed by atoms with Crippen LogP contribution in [-0.2, 0) is 10.5 Å². The van der Waals surface area contributed by atoms with Crippen LogP contribution in [0.3, 0.4) is 0 Å². The Kier molecular flexibility index (Phi) is 5.59. The molecule has 0 bridgehead atoms. The van der Waals surface area contributed by atoms with Crippen LogP contribution in [0.25, 0.3) is 0 Å². The summed E-state index contributed by atoms with van der Waals surface area (Å²) in [6.45, 7) is 1.45. The number of amides is 1. The van der Waals surface area contributed by atoms with Crippen molar-refractivity contribution < 1.29 is 9.59 Å². The van der Waals surface area contributed by atoms with Crippen LogP contribution in [0.4, 0.5) is 5.13 Å². The van der Waals surface area contributed by atoms with Gasteiger partial charge in [0.2, 0.25) is 5.91 Å². The van der Waals surface area contributed by atoms with E-state index < -0.39 is 0 Å². The molecule has 1 amide bonds. The summed E-state index contributed by atoms with van der Waals surface area (Å²) in [6.07, 6.45) is 0. The average Bonchev–Trinajstić information content (AvgIpc) is 2.99. The molecule has 0 aromatic carbocycles. The molecule has 0 atom stereocenters. The summed E-state index contributed by atoms with van der Waals surface area (Å²) in [5.41, 5.74) is 0.381. The maximum atomic E-state index is 11.7. The van der Waals surface area contributed by atoms with Crippen LogP contribution < -0.4 is 5.32 Å². The number of hydrogen-bond acceptors (Lipinski definition) is 6. The van der Waals surface area contributed by atoms with E-state index in [1.54, 1.807) is 5.38 Å². The van der Waals surface area contributed by atoms with E-state index in [1.165, 1.54) is 41.4 Å². The normalized spacial score (nSPS) is 10.5. The van der Waals surface area contributed by atoms with E-state index in [0.29, 0.717) is 16.6 Å². The highest BCUT2D eigenvalue weighted by Gasteiger charge is 2.09. The van der Waals surface area contributed by atoms with Gasteiger partial charge in [0.15, 0.2) is 10.9 Å². The molecule has 0 fully saturated rings. The minimum atomic E-state index is -0.123. The van der Waals surface area contributed by atoms with Crippen molar-refractivity contribution >= 4 is 62.9 Å². The zero-order valence-electron chi connectivity index (χ0n) is 10.5. The molecule has 2 aromatic heterocycles. The second kappa shape index (κ2) is 7.21. The lowest BCUT2D eigenvalue weighted by Gasteiger charge is -2.00. The van der Waals surface area contributed by atoms with Crippen LogP contribution in [0.15, 0.2) is 17.5 Å². The largest absolute Gasteiger partial charge is 0.301 e. The molecule has 2 heterocycles. The Balaban J connectivity index is 1.76. The molecule has 8 heteroatoms. The smallest absolute Gasteiger partial charge is 0.236 e. The summed E-state index contributed by atoms with van der Waals surface area (Å²) in [7, 11) is 0. The Morgan fingerprint density at radius 1 is 1.45 bits per heavy atom. The number of nitrogens with zero attached hydrogens (tertiary/aromatic N) is 1. The van der Waals surface area contributed by atoms with Crippen molar-refractivity contribution in [1.29, 1.82) is 0 Å². The van der Waals surface area contributed by atoms with Crippen molar-refractivity contribution in [2.75, 3.05) is 11.1 Å². The van der Waals surface area contributed by atoms with Gasteiger partial charge < -0.3 is 5.32 Å². The topological polar surface area (TPSA) is 59.1 Å². The number of thiophene rings is 1. The number of ketones is 1. The summed E-state index contributed by atoms with van der Waals surface area (Å²) in [6, 6.07) is 3.80. The number of rotatable bonds is 6. The van der Waals surface area contributed by atoms with Crippen molar-refractivity contribution in [3.8, 4) is 0 Å². The standard InChI is InChI=1S/C12H11ClN2O2S3/c1-7(16)9-5-19-12(14-9)15-11(17)6-18-4-8-2-3-10(13)20-8/h2-3,5H,4,6H2,1H3,(H,14,15,17). The number of thioether (sulfide) groups is 1. The first kappa shape index (κ1) is 15.5. The summed E-state index contributed by atoms with van der Waals surface area (Å²) >= 11 is 10.1. The Bertz CT molecular complexity index is 624. The predicted molar refractivity (Wildman–Crippen MR) is 86.2 cm³/mol. The Hall–Kier alpha value is -0.890. The van der Waals surface area contributed by atoms with Gasteiger partial charge in [-0.25, -0.2) is 4.98 Å². The Labute approximate surface area is 133 Å². The number of hydrogen-bond donors (Lipinski definition) is 1. The van der Waals surface area contributed by atoms with Gasteiger partial charge >= 0.3 is 0 Å². The van der Waals surface area contributed by atoms with Gasteiger partial charge in [-0.2, -0.15) is 0 Å². The summed E-state index contributed by atoms with van der Waals surface area (Å²) in [5, 5.41) is 4.78. The first-order valence-electron chi connectivity index (χ1n) is 5.63. The van der Waals surface area contributed by atoms with Crippen molar-refractivity contribution in [3.05, 3.63) is 32.4 Å². The van der Waals surface area contributed by atoms with E-state index in [0.717, 1.165) is 15.0 Å². The molecule has 2 rings (SSSR count). The minimum Gasteiger partial charge on any atom is -0.301 e. The second-order valence-electron chi connectivity index (χ2n) is 3.84. The molecule has 4 nitrogen and oxygen atoms in total. The maximum absolute atomic E-state index is 11.7. The highest BCUT2D eigenvalue weighted by molar-refractivity contribution is 7.99. The number of Topliss-reactive ketones (excluding diaryl/α,β-unsaturated/α-hetero) is 1. The number of halogens is 1. The zero-order chi connectivity index (χ0) is 14.5. The van der Waals surface area contributed by atoms with Crippen LogP contribution in [-0.4, -0.2) is 22.4 Å². The number of aromatic nitrogens is 1. The van der Waals surface area contributed by atoms with Crippen LogP contribution >= 0.6 is 46.0 Å². The van der Waals surface area contributed by atoms with Gasteiger partial charge in [0.1, 0.15) is 5.69 Å². The quantitative estimate of drug-likeness (QED) is 0.805. The summed E-state index contributed by atoms with van der Waals surface area (Å²) in [5.74, 6) is 0.860. The van der Waals surface area contributed by atoms with E-state index >= 15 is 0 Å². The third-order valence-electron chi connectivity index (χ3n) is 2.22. The van der Waals surface area contributed by atoms with Crippen LogP contribution in [0.1, 0.15) is 22.3 Å². The number of carbonyl (C=O) groups excluding carboxylic acids is 2. The molecule has 1 N–H and O–H groups in total. The van der Waals surface area contributed by atoms with E-state index in [9.17, 15) is 9.59 Å². The summed E-state index contributed by atoms with van der Waals surface area (Å²) < 4.78 is 0.754. The summed E-state index contributed by atoms with van der Waals surface area (Å²) in [4.78, 5) is 28.0. The van der Waals surface area contributed by atoms with Crippen molar-refractivity contribution in [1.82, 2.24) is 4.98 Å². The fourth-order valence-corrected chi connectivity index (χ4v) is 4.11. The predicted octanol–water partition coefficient (Wildman–Crippen LogP) is 3.93. The van der Waals surface area contributed by atoms with Gasteiger partial charge in [-0.15, -0.1) is 34.4 Å². The lowest BCUT2D eigenvalue weighted by Crippen LogP contribution is -2.14. The molecule has 0 aliphatic heterocycles. The van der Waals surface area contributed by atoms with Crippen LogP contribution in [0.5, 0.6) is 0 Å². The molecule has 106 valence electrons. The number of nitrogens with one attached hydrogen (secondary N) is 1. The highest BCUT2D eigenvalue weighted by Crippen LogP contribution is 2.25. The fourth-order valence-electron chi connectivity index (χ4n) is 1.32. The number of carbonyl (C=O) groups is 2. The molecular weight excluding hydrogens is 336 g/mol. The molecule has 2 aromatic rings. The Morgan fingerprint density at radius 3 is 2.85 bits per heavy atom. The van der Waals surface area contributed by atoms with Gasteiger partial charge in [-0.3, -0.25) is 9.59 Å². The molecule has 0 spiro atoms. The van der Waals surface area contributed by atoms with E-state index in [1.807, 2.05) is 12.1 Å². The molecule has 0 unspecified atom stereocenters. The Morgan fingerprint density at radius 2 is 2.25 bits per heavy atom. The van der Waals surface area contributed by atoms with Gasteiger partial charge in [-0.1, -0.05) is 11.6 Å². The molecule has 20 heavy (non-hydrogen) atoms. The van der Waals surface area contributed by atoms with Crippen molar-refractivity contribution in [3.63, 3.8) is 0 Å². The maximum Gasteiger partial charge on any atom is 0.236 e. The SMILES string of the molecule is CC(=O)c1csc(NC(=O)CSCc2ccc(Cl)s2)n1. The number of thiazole rings is 1. The van der Waals surface area contributed by atoms with Gasteiger partial charge in [0.05, 0.1) is 10.1 Å². The van der Waals surface area contributed by atoms with Crippen LogP contribution in [0.2, 0.25) is 4.34 Å². The van der Waals surface area contributed by atoms with Crippen molar-refractivity contribution in [2.45, 2.75) is 12.7 Å². The first-order chi connectivity index (χ1) is 9.54. The zero-order valence-corrected chi connectivity index (χ0v) is 13.7. The molecule has 0 aliphatic rings. The van der Waals surface area contributed by atoms with E-state index in [-0.39, 0.29) is 11.7 Å². The lowest BCUT2D eigenvalue weighted by molar-refractivity contribution is -0.113. The molecular formula is C12H11ClN2O2S3. The highest BCUT2D eigenvalue weighted by atomic mass is 35.5.